The van der Waals surface area contributed by atoms with E-state index in [1.54, 1.807) is 11.8 Å². The lowest BCUT2D eigenvalue weighted by Gasteiger charge is -2.14. The van der Waals surface area contributed by atoms with Crippen LogP contribution in [0, 0.1) is 11.5 Å². The predicted octanol–water partition coefficient (Wildman–Crippen LogP) is 2.18. The third-order valence-corrected chi connectivity index (χ3v) is 3.91. The van der Waals surface area contributed by atoms with Crippen molar-refractivity contribution in [1.82, 2.24) is 9.88 Å². The van der Waals surface area contributed by atoms with Gasteiger partial charge in [0.1, 0.15) is 0 Å². The number of halogens is 1. The fraction of sp³-hybridized carbons (Fsp3) is 0.375. The van der Waals surface area contributed by atoms with E-state index in [1.807, 2.05) is 16.5 Å². The average molecular weight is 259 g/mol. The number of thioether (sulfide) groups is 1. The highest BCUT2D eigenvalue weighted by molar-refractivity contribution is 8.14. The minimum Gasteiger partial charge on any atom is -0.344 e. The van der Waals surface area contributed by atoms with Crippen molar-refractivity contribution in [1.29, 1.82) is 5.26 Å². The third kappa shape index (κ3) is 2.62. The molecule has 0 aliphatic carbocycles. The Morgan fingerprint density at radius 2 is 2.60 bits per heavy atom. The van der Waals surface area contributed by atoms with Gasteiger partial charge in [-0.1, -0.05) is 23.4 Å². The van der Waals surface area contributed by atoms with E-state index in [4.69, 9.17) is 16.9 Å². The highest BCUT2D eigenvalue weighted by Crippen LogP contribution is 2.22. The maximum absolute atomic E-state index is 8.50. The molecule has 0 atom stereocenters. The minimum absolute atomic E-state index is 0.552. The van der Waals surface area contributed by atoms with Gasteiger partial charge in [-0.25, -0.2) is 4.98 Å². The van der Waals surface area contributed by atoms with Gasteiger partial charge in [0.2, 0.25) is 6.19 Å². The second kappa shape index (κ2) is 4.84. The van der Waals surface area contributed by atoms with Crippen LogP contribution in [0.3, 0.4) is 0 Å². The van der Waals surface area contributed by atoms with Crippen LogP contribution in [0.25, 0.3) is 0 Å². The number of hydrogen-bond donors (Lipinski definition) is 0. The lowest BCUT2D eigenvalue weighted by molar-refractivity contribution is 0.452. The van der Waals surface area contributed by atoms with E-state index < -0.39 is 0 Å². The van der Waals surface area contributed by atoms with Gasteiger partial charge in [-0.15, -0.1) is 16.3 Å². The number of aliphatic imine (C=N–C) groups is 1. The Morgan fingerprint density at radius 1 is 1.73 bits per heavy atom. The quantitative estimate of drug-likeness (QED) is 0.763. The average Bonchev–Trinajstić information content (AvgIpc) is 2.78. The van der Waals surface area contributed by atoms with E-state index in [0.29, 0.717) is 11.0 Å². The fourth-order valence-electron chi connectivity index (χ4n) is 1.28. The summed E-state index contributed by atoms with van der Waals surface area (Å²) in [5, 5.41) is 11.2. The fourth-order valence-corrected chi connectivity index (χ4v) is 2.99. The molecule has 78 valence electrons. The second-order valence-electron chi connectivity index (χ2n) is 2.86. The Bertz CT molecular complexity index is 423. The Kier molecular flexibility index (Phi) is 3.46. The van der Waals surface area contributed by atoms with Gasteiger partial charge in [-0.2, -0.15) is 5.26 Å². The largest absolute Gasteiger partial charge is 0.344 e. The van der Waals surface area contributed by atoms with Crippen molar-refractivity contribution in [3.05, 3.63) is 15.5 Å². The molecule has 0 amide bonds. The molecule has 0 saturated carbocycles. The van der Waals surface area contributed by atoms with E-state index in [2.05, 4.69) is 9.98 Å². The van der Waals surface area contributed by atoms with E-state index in [9.17, 15) is 0 Å². The molecule has 0 unspecified atom stereocenters. The van der Waals surface area contributed by atoms with Crippen molar-refractivity contribution < 1.29 is 0 Å². The smallest absolute Gasteiger partial charge is 0.208 e. The van der Waals surface area contributed by atoms with Crippen LogP contribution in [0.5, 0.6) is 0 Å². The van der Waals surface area contributed by atoms with Crippen molar-refractivity contribution in [2.45, 2.75) is 6.54 Å². The van der Waals surface area contributed by atoms with Crippen LogP contribution in [-0.4, -0.2) is 27.3 Å². The number of hydrogen-bond acceptors (Lipinski definition) is 5. The SMILES string of the molecule is N#CN=C1SCCN1Cc1csc(Cl)n1. The van der Waals surface area contributed by atoms with E-state index in [-0.39, 0.29) is 0 Å². The first-order chi connectivity index (χ1) is 7.29. The van der Waals surface area contributed by atoms with Crippen molar-refractivity contribution in [2.24, 2.45) is 4.99 Å². The van der Waals surface area contributed by atoms with Crippen LogP contribution >= 0.6 is 34.7 Å². The first-order valence-electron chi connectivity index (χ1n) is 4.24. The number of thiazole rings is 1. The summed E-state index contributed by atoms with van der Waals surface area (Å²) in [6, 6.07) is 0. The molecule has 0 N–H and O–H groups in total. The maximum Gasteiger partial charge on any atom is 0.208 e. The molecule has 2 heterocycles. The zero-order chi connectivity index (χ0) is 10.7. The highest BCUT2D eigenvalue weighted by Gasteiger charge is 2.20. The van der Waals surface area contributed by atoms with E-state index >= 15 is 0 Å². The summed E-state index contributed by atoms with van der Waals surface area (Å²) < 4.78 is 0.552. The summed E-state index contributed by atoms with van der Waals surface area (Å²) in [6.07, 6.45) is 1.81. The summed E-state index contributed by atoms with van der Waals surface area (Å²) >= 11 is 8.76. The van der Waals surface area contributed by atoms with Gasteiger partial charge in [0, 0.05) is 17.7 Å². The molecule has 1 aliphatic heterocycles. The predicted molar refractivity (Wildman–Crippen MR) is 63.0 cm³/mol. The Hall–Kier alpha value is -0.770. The summed E-state index contributed by atoms with van der Waals surface area (Å²) in [6.45, 7) is 1.58. The first kappa shape index (κ1) is 10.7. The summed E-state index contributed by atoms with van der Waals surface area (Å²) in [4.78, 5) is 9.97. The van der Waals surface area contributed by atoms with Gasteiger partial charge >= 0.3 is 0 Å². The van der Waals surface area contributed by atoms with E-state index in [0.717, 1.165) is 23.2 Å². The Labute approximate surface area is 101 Å². The summed E-state index contributed by atoms with van der Waals surface area (Å²) in [7, 11) is 0. The molecule has 1 saturated heterocycles. The minimum atomic E-state index is 0.552. The molecule has 0 aromatic carbocycles. The maximum atomic E-state index is 8.50. The molecular weight excluding hydrogens is 252 g/mol. The zero-order valence-electron chi connectivity index (χ0n) is 7.68. The molecule has 7 heteroatoms. The van der Waals surface area contributed by atoms with Crippen LogP contribution in [0.1, 0.15) is 5.69 Å². The summed E-state index contributed by atoms with van der Waals surface area (Å²) in [5.74, 6) is 0.971. The van der Waals surface area contributed by atoms with Crippen LogP contribution in [0.4, 0.5) is 0 Å². The number of nitriles is 1. The van der Waals surface area contributed by atoms with E-state index in [1.165, 1.54) is 11.3 Å². The molecule has 1 aliphatic rings. The Morgan fingerprint density at radius 3 is 3.27 bits per heavy atom. The van der Waals surface area contributed by atoms with Gasteiger partial charge in [-0.05, 0) is 0 Å². The molecule has 1 aromatic heterocycles. The van der Waals surface area contributed by atoms with Gasteiger partial charge in [0.15, 0.2) is 9.63 Å². The number of aromatic nitrogens is 1. The molecule has 0 bridgehead atoms. The Balaban J connectivity index is 2.06. The molecule has 0 radical (unpaired) electrons. The van der Waals surface area contributed by atoms with Crippen molar-refractivity contribution in [2.75, 3.05) is 12.3 Å². The van der Waals surface area contributed by atoms with Gasteiger partial charge in [0.05, 0.1) is 12.2 Å². The zero-order valence-corrected chi connectivity index (χ0v) is 10.1. The molecule has 1 fully saturated rings. The molecular formula is C8H7ClN4S2. The van der Waals surface area contributed by atoms with Crippen LogP contribution in [0.15, 0.2) is 10.4 Å². The normalized spacial score (nSPS) is 18.4. The standard InChI is InChI=1S/C8H7ClN4S2/c9-7-12-6(4-15-7)3-13-1-2-14-8(13)11-5-10/h4H,1-3H2. The molecule has 4 nitrogen and oxygen atoms in total. The van der Waals surface area contributed by atoms with Gasteiger partial charge in [-0.3, -0.25) is 0 Å². The molecule has 0 spiro atoms. The van der Waals surface area contributed by atoms with Gasteiger partial charge in [0.25, 0.3) is 0 Å². The van der Waals surface area contributed by atoms with Gasteiger partial charge < -0.3 is 4.90 Å². The van der Waals surface area contributed by atoms with Crippen molar-refractivity contribution >= 4 is 39.9 Å². The molecule has 1 aromatic rings. The third-order valence-electron chi connectivity index (χ3n) is 1.89. The molecule has 2 rings (SSSR count). The number of nitrogens with zero attached hydrogens (tertiary/aromatic N) is 4. The lowest BCUT2D eigenvalue weighted by Crippen LogP contribution is -2.23. The number of amidine groups is 1. The van der Waals surface area contributed by atoms with Crippen molar-refractivity contribution in [3.63, 3.8) is 0 Å². The van der Waals surface area contributed by atoms with Crippen LogP contribution < -0.4 is 0 Å². The highest BCUT2D eigenvalue weighted by atomic mass is 35.5. The first-order valence-corrected chi connectivity index (χ1v) is 6.48. The lowest BCUT2D eigenvalue weighted by atomic mass is 10.4. The molecule has 15 heavy (non-hydrogen) atoms. The number of rotatable bonds is 2. The van der Waals surface area contributed by atoms with Crippen LogP contribution in [0.2, 0.25) is 4.47 Å². The monoisotopic (exact) mass is 258 g/mol. The van der Waals surface area contributed by atoms with Crippen molar-refractivity contribution in [3.8, 4) is 6.19 Å². The summed E-state index contributed by atoms with van der Waals surface area (Å²) in [5.41, 5.74) is 0.929. The topological polar surface area (TPSA) is 52.3 Å². The second-order valence-corrected chi connectivity index (χ2v) is 5.36. The van der Waals surface area contributed by atoms with Crippen LogP contribution in [-0.2, 0) is 6.54 Å².